The number of carbonyl (C=O) groups is 1. The maximum atomic E-state index is 12.5. The van der Waals surface area contributed by atoms with E-state index >= 15 is 0 Å². The predicted octanol–water partition coefficient (Wildman–Crippen LogP) is 3.30. The van der Waals surface area contributed by atoms with Gasteiger partial charge in [-0.25, -0.2) is 4.58 Å². The Morgan fingerprint density at radius 3 is 2.48 bits per heavy atom. The first-order valence-electron chi connectivity index (χ1n) is 9.56. The third kappa shape index (κ3) is 2.79. The van der Waals surface area contributed by atoms with Crippen molar-refractivity contribution in [3.8, 4) is 0 Å². The van der Waals surface area contributed by atoms with E-state index in [-0.39, 0.29) is 5.78 Å². The van der Waals surface area contributed by atoms with Crippen LogP contribution in [-0.4, -0.2) is 47.1 Å². The van der Waals surface area contributed by atoms with Crippen molar-refractivity contribution in [2.24, 2.45) is 5.92 Å². The van der Waals surface area contributed by atoms with Gasteiger partial charge < -0.3 is 4.90 Å². The maximum absolute atomic E-state index is 12.5. The van der Waals surface area contributed by atoms with Gasteiger partial charge in [0, 0.05) is 38.0 Å². The highest BCUT2D eigenvalue weighted by molar-refractivity contribution is 6.21. The maximum Gasteiger partial charge on any atom is 0.187 e. The fraction of sp³-hybridized carbons (Fsp3) is 0.700. The van der Waals surface area contributed by atoms with Crippen LogP contribution in [0.5, 0.6) is 0 Å². The second-order valence-electron chi connectivity index (χ2n) is 7.63. The van der Waals surface area contributed by atoms with Crippen LogP contribution in [0.4, 0.5) is 0 Å². The molecule has 23 heavy (non-hydrogen) atoms. The smallest absolute Gasteiger partial charge is 0.187 e. The van der Waals surface area contributed by atoms with Gasteiger partial charge in [0.15, 0.2) is 11.5 Å². The highest BCUT2D eigenvalue weighted by Gasteiger charge is 2.36. The van der Waals surface area contributed by atoms with E-state index in [1.54, 1.807) is 6.92 Å². The number of likely N-dealkylation sites (tertiary alicyclic amines) is 1. The summed E-state index contributed by atoms with van der Waals surface area (Å²) in [5.41, 5.74) is 5.31. The first-order valence-corrected chi connectivity index (χ1v) is 9.56. The fourth-order valence-electron chi connectivity index (χ4n) is 4.99. The average molecular weight is 313 g/mol. The van der Waals surface area contributed by atoms with Crippen molar-refractivity contribution < 1.29 is 9.37 Å². The zero-order valence-electron chi connectivity index (χ0n) is 14.4. The van der Waals surface area contributed by atoms with Crippen molar-refractivity contribution in [2.45, 2.75) is 58.3 Å². The van der Waals surface area contributed by atoms with Gasteiger partial charge in [-0.1, -0.05) is 0 Å². The Bertz CT molecular complexity index is 597. The van der Waals surface area contributed by atoms with E-state index in [0.717, 1.165) is 25.1 Å². The van der Waals surface area contributed by atoms with Crippen LogP contribution in [0.25, 0.3) is 0 Å². The van der Waals surface area contributed by atoms with Crippen molar-refractivity contribution in [1.82, 2.24) is 4.90 Å². The SMILES string of the molecule is CC(=O)C1=C2C=C(N3CCCC3)CCC2CCC1=[N+]1CCCC1. The molecule has 0 N–H and O–H groups in total. The minimum atomic E-state index is 0.283. The summed E-state index contributed by atoms with van der Waals surface area (Å²) in [7, 11) is 0. The molecule has 1 unspecified atom stereocenters. The van der Waals surface area contributed by atoms with Crippen molar-refractivity contribution in [3.63, 3.8) is 0 Å². The lowest BCUT2D eigenvalue weighted by molar-refractivity contribution is -0.506. The van der Waals surface area contributed by atoms with Gasteiger partial charge in [-0.3, -0.25) is 4.79 Å². The summed E-state index contributed by atoms with van der Waals surface area (Å²) in [6.45, 7) is 6.49. The molecule has 2 saturated heterocycles. The molecule has 4 rings (SSSR count). The second-order valence-corrected chi connectivity index (χ2v) is 7.63. The molecule has 0 aromatic carbocycles. The summed E-state index contributed by atoms with van der Waals surface area (Å²) < 4.78 is 2.50. The van der Waals surface area contributed by atoms with Crippen LogP contribution in [0.1, 0.15) is 58.3 Å². The van der Waals surface area contributed by atoms with Crippen LogP contribution in [0.2, 0.25) is 0 Å². The Hall–Kier alpha value is -1.38. The van der Waals surface area contributed by atoms with Gasteiger partial charge in [0.2, 0.25) is 0 Å². The van der Waals surface area contributed by atoms with Gasteiger partial charge in [-0.2, -0.15) is 0 Å². The number of fused-ring (bicyclic) bond motifs is 1. The van der Waals surface area contributed by atoms with E-state index in [1.807, 2.05) is 0 Å². The molecule has 2 aliphatic heterocycles. The molecule has 2 aliphatic carbocycles. The number of ketones is 1. The van der Waals surface area contributed by atoms with Crippen LogP contribution in [0.15, 0.2) is 22.9 Å². The van der Waals surface area contributed by atoms with Crippen molar-refractivity contribution in [3.05, 3.63) is 22.9 Å². The largest absolute Gasteiger partial charge is 0.375 e. The summed E-state index contributed by atoms with van der Waals surface area (Å²) >= 11 is 0. The Balaban J connectivity index is 1.78. The number of nitrogens with zero attached hydrogens (tertiary/aromatic N) is 2. The Labute approximate surface area is 139 Å². The predicted molar refractivity (Wildman–Crippen MR) is 92.8 cm³/mol. The number of rotatable bonds is 2. The molecule has 0 saturated carbocycles. The molecule has 0 bridgehead atoms. The van der Waals surface area contributed by atoms with Gasteiger partial charge in [0.05, 0.1) is 5.57 Å². The van der Waals surface area contributed by atoms with E-state index in [4.69, 9.17) is 0 Å². The van der Waals surface area contributed by atoms with E-state index in [2.05, 4.69) is 15.6 Å². The molecule has 0 aromatic rings. The Morgan fingerprint density at radius 1 is 1.09 bits per heavy atom. The van der Waals surface area contributed by atoms with E-state index in [1.165, 1.54) is 75.0 Å². The second kappa shape index (κ2) is 6.26. The molecular formula is C20H29N2O+. The van der Waals surface area contributed by atoms with Gasteiger partial charge in [-0.05, 0) is 56.6 Å². The molecule has 1 atom stereocenters. The molecular weight excluding hydrogens is 284 g/mol. The number of hydrogen-bond donors (Lipinski definition) is 0. The van der Waals surface area contributed by atoms with Gasteiger partial charge in [-0.15, -0.1) is 0 Å². The van der Waals surface area contributed by atoms with Crippen LogP contribution < -0.4 is 0 Å². The van der Waals surface area contributed by atoms with Crippen LogP contribution in [0.3, 0.4) is 0 Å². The lowest BCUT2D eigenvalue weighted by Gasteiger charge is -2.33. The molecule has 4 aliphatic rings. The summed E-state index contributed by atoms with van der Waals surface area (Å²) in [5.74, 6) is 0.900. The zero-order valence-corrected chi connectivity index (χ0v) is 14.4. The third-order valence-corrected chi connectivity index (χ3v) is 6.17. The average Bonchev–Trinajstić information content (AvgIpc) is 3.26. The van der Waals surface area contributed by atoms with Crippen molar-refractivity contribution >= 4 is 11.5 Å². The minimum absolute atomic E-state index is 0.283. The van der Waals surface area contributed by atoms with Crippen LogP contribution in [-0.2, 0) is 4.79 Å². The molecule has 2 fully saturated rings. The molecule has 2 heterocycles. The molecule has 0 amide bonds. The van der Waals surface area contributed by atoms with Crippen molar-refractivity contribution in [1.29, 1.82) is 0 Å². The molecule has 0 aromatic heterocycles. The van der Waals surface area contributed by atoms with E-state index in [9.17, 15) is 4.79 Å². The van der Waals surface area contributed by atoms with Gasteiger partial charge in [0.1, 0.15) is 13.1 Å². The van der Waals surface area contributed by atoms with Crippen LogP contribution >= 0.6 is 0 Å². The Morgan fingerprint density at radius 2 is 1.78 bits per heavy atom. The summed E-state index contributed by atoms with van der Waals surface area (Å²) in [6, 6.07) is 0. The highest BCUT2D eigenvalue weighted by atomic mass is 16.1. The number of carbonyl (C=O) groups excluding carboxylic acids is 1. The topological polar surface area (TPSA) is 23.3 Å². The van der Waals surface area contributed by atoms with Crippen molar-refractivity contribution in [2.75, 3.05) is 26.2 Å². The molecule has 3 heteroatoms. The van der Waals surface area contributed by atoms with E-state index < -0.39 is 0 Å². The summed E-state index contributed by atoms with van der Waals surface area (Å²) in [4.78, 5) is 15.1. The van der Waals surface area contributed by atoms with Crippen LogP contribution in [0, 0.1) is 5.92 Å². The minimum Gasteiger partial charge on any atom is -0.375 e. The summed E-state index contributed by atoms with van der Waals surface area (Å²) in [6.07, 6.45) is 12.4. The normalized spacial score (nSPS) is 28.3. The highest BCUT2D eigenvalue weighted by Crippen LogP contribution is 2.40. The lowest BCUT2D eigenvalue weighted by Crippen LogP contribution is -2.32. The number of Topliss-reactive ketones (excluding diaryl/α,β-unsaturated/α-hetero) is 1. The first-order chi connectivity index (χ1) is 11.2. The quantitative estimate of drug-likeness (QED) is 0.730. The van der Waals surface area contributed by atoms with Gasteiger partial charge in [0.25, 0.3) is 0 Å². The van der Waals surface area contributed by atoms with E-state index in [0.29, 0.717) is 5.92 Å². The van der Waals surface area contributed by atoms with Gasteiger partial charge >= 0.3 is 0 Å². The zero-order chi connectivity index (χ0) is 15.8. The first kappa shape index (κ1) is 15.2. The third-order valence-electron chi connectivity index (χ3n) is 6.17. The monoisotopic (exact) mass is 313 g/mol. The molecule has 0 spiro atoms. The standard InChI is InChI=1S/C20H29N2O/c1-15(23)20-18-14-17(21-10-2-3-11-21)8-6-16(18)7-9-19(20)22-12-4-5-13-22/h14,16H,2-13H2,1H3/q+1. The molecule has 0 radical (unpaired) electrons. The Kier molecular flexibility index (Phi) is 4.13. The lowest BCUT2D eigenvalue weighted by atomic mass is 9.74. The number of hydrogen-bond acceptors (Lipinski definition) is 2. The summed E-state index contributed by atoms with van der Waals surface area (Å²) in [5, 5.41) is 0. The molecule has 124 valence electrons. The molecule has 3 nitrogen and oxygen atoms in total. The number of allylic oxidation sites excluding steroid dienone is 4. The fourth-order valence-corrected chi connectivity index (χ4v) is 4.99.